The minimum absolute atomic E-state index is 0.0234. The first-order valence-electron chi connectivity index (χ1n) is 3.73. The predicted octanol–water partition coefficient (Wildman–Crippen LogP) is 1.14. The molecule has 0 saturated heterocycles. The van der Waals surface area contributed by atoms with Gasteiger partial charge in [0.2, 0.25) is 0 Å². The molecule has 0 aliphatic rings. The summed E-state index contributed by atoms with van der Waals surface area (Å²) in [6, 6.07) is 0. The third kappa shape index (κ3) is 9.84. The lowest BCUT2D eigenvalue weighted by atomic mass is 10.4. The molecule has 0 amide bonds. The Labute approximate surface area is 67.1 Å². The van der Waals surface area contributed by atoms with Crippen LogP contribution in [0.25, 0.3) is 0 Å². The monoisotopic (exact) mass is 163 g/mol. The molecular weight excluding hydrogens is 148 g/mol. The summed E-state index contributed by atoms with van der Waals surface area (Å²) in [5, 5.41) is 9.72. The fourth-order valence-corrected chi connectivity index (χ4v) is 0.491. The van der Waals surface area contributed by atoms with Gasteiger partial charge in [0.15, 0.2) is 13.6 Å². The van der Waals surface area contributed by atoms with Crippen LogP contribution in [0.15, 0.2) is 0 Å². The Morgan fingerprint density at radius 1 is 1.09 bits per heavy atom. The number of hydrogen-bond donors (Lipinski definition) is 0. The van der Waals surface area contributed by atoms with Gasteiger partial charge in [-0.15, -0.1) is 0 Å². The topological polar surface area (TPSA) is 47.6 Å². The van der Waals surface area contributed by atoms with Crippen LogP contribution in [0, 0.1) is 0 Å². The first-order valence-corrected chi connectivity index (χ1v) is 3.73. The fraction of sp³-hybridized carbons (Fsp3) is 1.00. The summed E-state index contributed by atoms with van der Waals surface area (Å²) in [6.45, 7) is 2.46. The lowest BCUT2D eigenvalue weighted by molar-refractivity contribution is -0.169. The van der Waals surface area contributed by atoms with Gasteiger partial charge < -0.3 is 14.2 Å². The van der Waals surface area contributed by atoms with Crippen molar-refractivity contribution in [1.29, 1.82) is 0 Å². The second-order valence-corrected chi connectivity index (χ2v) is 2.02. The molecule has 0 bridgehead atoms. The highest BCUT2D eigenvalue weighted by Crippen LogP contribution is 1.87. The standard InChI is InChI=1S/C7H15O4/c1-2-3-4-9-6-11-7-10-5-8/h2-7H2,1H3. The van der Waals surface area contributed by atoms with Crippen molar-refractivity contribution >= 4 is 0 Å². The highest BCUT2D eigenvalue weighted by Gasteiger charge is 1.87. The largest absolute Gasteiger partial charge is 0.355 e. The third-order valence-electron chi connectivity index (χ3n) is 1.06. The van der Waals surface area contributed by atoms with Crippen LogP contribution in [-0.4, -0.2) is 27.0 Å². The summed E-state index contributed by atoms with van der Waals surface area (Å²) >= 11 is 0. The molecular formula is C7H15O4. The third-order valence-corrected chi connectivity index (χ3v) is 1.06. The van der Waals surface area contributed by atoms with Crippen LogP contribution in [0.4, 0.5) is 0 Å². The van der Waals surface area contributed by atoms with Gasteiger partial charge in [0.25, 0.3) is 0 Å². The summed E-state index contributed by atoms with van der Waals surface area (Å²) in [5.41, 5.74) is 0. The Morgan fingerprint density at radius 2 is 1.82 bits per heavy atom. The van der Waals surface area contributed by atoms with Crippen molar-refractivity contribution in [2.75, 3.05) is 27.0 Å². The maximum Gasteiger partial charge on any atom is 0.183 e. The van der Waals surface area contributed by atoms with E-state index in [2.05, 4.69) is 11.7 Å². The molecule has 0 atom stereocenters. The molecule has 67 valence electrons. The summed E-state index contributed by atoms with van der Waals surface area (Å²) in [4.78, 5) is 0. The molecule has 4 heteroatoms. The maximum atomic E-state index is 9.72. The zero-order chi connectivity index (χ0) is 8.36. The average molecular weight is 163 g/mol. The molecule has 1 radical (unpaired) electrons. The van der Waals surface area contributed by atoms with Crippen LogP contribution in [-0.2, 0) is 19.3 Å². The van der Waals surface area contributed by atoms with E-state index < -0.39 is 6.79 Å². The van der Waals surface area contributed by atoms with Crippen LogP contribution in [0.3, 0.4) is 0 Å². The van der Waals surface area contributed by atoms with Crippen molar-refractivity contribution in [2.45, 2.75) is 19.8 Å². The Balaban J connectivity index is 2.69. The lowest BCUT2D eigenvalue weighted by Crippen LogP contribution is -2.05. The smallest absolute Gasteiger partial charge is 0.183 e. The van der Waals surface area contributed by atoms with Crippen molar-refractivity contribution in [3.05, 3.63) is 0 Å². The lowest BCUT2D eigenvalue weighted by Gasteiger charge is -2.03. The van der Waals surface area contributed by atoms with Crippen LogP contribution in [0.1, 0.15) is 19.8 Å². The van der Waals surface area contributed by atoms with Gasteiger partial charge in [-0.05, 0) is 6.42 Å². The minimum Gasteiger partial charge on any atom is -0.355 e. The number of rotatable bonds is 8. The van der Waals surface area contributed by atoms with Crippen molar-refractivity contribution in [2.24, 2.45) is 0 Å². The van der Waals surface area contributed by atoms with Crippen molar-refractivity contribution in [3.8, 4) is 0 Å². The van der Waals surface area contributed by atoms with Gasteiger partial charge in [-0.3, -0.25) is 0 Å². The zero-order valence-corrected chi connectivity index (χ0v) is 6.88. The molecule has 0 N–H and O–H groups in total. The first kappa shape index (κ1) is 10.8. The molecule has 4 nitrogen and oxygen atoms in total. The normalized spacial score (nSPS) is 10.4. The Kier molecular flexibility index (Phi) is 9.70. The van der Waals surface area contributed by atoms with E-state index >= 15 is 0 Å². The van der Waals surface area contributed by atoms with Crippen LogP contribution in [0.2, 0.25) is 0 Å². The van der Waals surface area contributed by atoms with Crippen LogP contribution in [0.5, 0.6) is 0 Å². The fourth-order valence-electron chi connectivity index (χ4n) is 0.491. The van der Waals surface area contributed by atoms with E-state index in [9.17, 15) is 5.11 Å². The Hall–Kier alpha value is -0.160. The molecule has 0 saturated carbocycles. The number of hydrogen-bond acceptors (Lipinski definition) is 3. The maximum absolute atomic E-state index is 9.72. The van der Waals surface area contributed by atoms with E-state index in [-0.39, 0.29) is 13.6 Å². The zero-order valence-electron chi connectivity index (χ0n) is 6.88. The van der Waals surface area contributed by atoms with Crippen molar-refractivity contribution < 1.29 is 19.3 Å². The summed E-state index contributed by atoms with van der Waals surface area (Å²) in [5.74, 6) is 0. The van der Waals surface area contributed by atoms with E-state index in [0.29, 0.717) is 6.61 Å². The second kappa shape index (κ2) is 9.84. The predicted molar refractivity (Wildman–Crippen MR) is 38.3 cm³/mol. The van der Waals surface area contributed by atoms with Gasteiger partial charge in [-0.1, -0.05) is 13.3 Å². The summed E-state index contributed by atoms with van der Waals surface area (Å²) < 4.78 is 14.2. The molecule has 0 rings (SSSR count). The minimum atomic E-state index is -0.561. The molecule has 0 heterocycles. The Morgan fingerprint density at radius 3 is 2.45 bits per heavy atom. The first-order chi connectivity index (χ1) is 5.41. The van der Waals surface area contributed by atoms with E-state index in [0.717, 1.165) is 12.8 Å². The van der Waals surface area contributed by atoms with E-state index in [4.69, 9.17) is 9.47 Å². The van der Waals surface area contributed by atoms with Crippen LogP contribution >= 0.6 is 0 Å². The van der Waals surface area contributed by atoms with Gasteiger partial charge in [0.1, 0.15) is 6.79 Å². The molecule has 11 heavy (non-hydrogen) atoms. The van der Waals surface area contributed by atoms with Gasteiger partial charge in [-0.2, -0.15) is 0 Å². The number of unbranched alkanes of at least 4 members (excludes halogenated alkanes) is 1. The molecule has 0 aromatic carbocycles. The van der Waals surface area contributed by atoms with E-state index in [1.165, 1.54) is 0 Å². The molecule has 0 spiro atoms. The SMILES string of the molecule is CCCCOCOCOC[O]. The Bertz CT molecular complexity index is 59.5. The van der Waals surface area contributed by atoms with Crippen LogP contribution < -0.4 is 0 Å². The summed E-state index contributed by atoms with van der Waals surface area (Å²) in [7, 11) is 0. The quantitative estimate of drug-likeness (QED) is 0.398. The van der Waals surface area contributed by atoms with E-state index in [1.54, 1.807) is 0 Å². The second-order valence-electron chi connectivity index (χ2n) is 2.02. The van der Waals surface area contributed by atoms with Gasteiger partial charge >= 0.3 is 0 Å². The van der Waals surface area contributed by atoms with Crippen molar-refractivity contribution in [3.63, 3.8) is 0 Å². The van der Waals surface area contributed by atoms with Gasteiger partial charge in [0, 0.05) is 6.61 Å². The van der Waals surface area contributed by atoms with Gasteiger partial charge in [-0.25, -0.2) is 5.11 Å². The molecule has 0 aliphatic heterocycles. The van der Waals surface area contributed by atoms with E-state index in [1.807, 2.05) is 0 Å². The molecule has 0 fully saturated rings. The summed E-state index contributed by atoms with van der Waals surface area (Å²) in [6.07, 6.45) is 2.14. The molecule has 0 aliphatic carbocycles. The molecule has 0 unspecified atom stereocenters. The molecule has 0 aromatic rings. The average Bonchev–Trinajstić information content (AvgIpc) is 2.03. The van der Waals surface area contributed by atoms with Crippen molar-refractivity contribution in [1.82, 2.24) is 0 Å². The molecule has 0 aromatic heterocycles. The van der Waals surface area contributed by atoms with Gasteiger partial charge in [0.05, 0.1) is 0 Å². The highest BCUT2D eigenvalue weighted by molar-refractivity contribution is 4.27. The highest BCUT2D eigenvalue weighted by atomic mass is 16.8. The number of ether oxygens (including phenoxy) is 3.